The Balaban J connectivity index is 1.57. The highest BCUT2D eigenvalue weighted by Crippen LogP contribution is 2.27. The van der Waals surface area contributed by atoms with E-state index in [-0.39, 0.29) is 11.7 Å². The van der Waals surface area contributed by atoms with Crippen molar-refractivity contribution in [1.29, 1.82) is 0 Å². The Morgan fingerprint density at radius 3 is 2.37 bits per heavy atom. The molecule has 7 heteroatoms. The predicted molar refractivity (Wildman–Crippen MR) is 101 cm³/mol. The summed E-state index contributed by atoms with van der Waals surface area (Å²) < 4.78 is 51.1. The second-order valence-corrected chi connectivity index (χ2v) is 8.68. The molecule has 0 radical (unpaired) electrons. The maximum absolute atomic E-state index is 12.9. The molecule has 0 bridgehead atoms. The van der Waals surface area contributed by atoms with Crippen LogP contribution in [0.2, 0.25) is 0 Å². The molecule has 2 aromatic rings. The molecule has 0 aliphatic carbocycles. The van der Waals surface area contributed by atoms with Crippen molar-refractivity contribution in [3.05, 3.63) is 53.8 Å². The van der Waals surface area contributed by atoms with E-state index < -0.39 is 10.0 Å². The summed E-state index contributed by atoms with van der Waals surface area (Å²) >= 11 is 0. The highest BCUT2D eigenvalue weighted by atomic mass is 32.2. The third kappa shape index (κ3) is 4.59. The smallest absolute Gasteiger partial charge is 0.243 e. The average molecular weight is 393 g/mol. The first-order valence-electron chi connectivity index (χ1n) is 8.93. The van der Waals surface area contributed by atoms with Gasteiger partial charge in [0.2, 0.25) is 10.0 Å². The van der Waals surface area contributed by atoms with Gasteiger partial charge in [-0.25, -0.2) is 12.8 Å². The number of hydrogen-bond donors (Lipinski definition) is 0. The van der Waals surface area contributed by atoms with E-state index in [0.29, 0.717) is 36.1 Å². The zero-order valence-corrected chi connectivity index (χ0v) is 16.3. The van der Waals surface area contributed by atoms with Crippen LogP contribution in [0.3, 0.4) is 0 Å². The molecule has 1 heterocycles. The molecule has 1 aliphatic rings. The zero-order chi connectivity index (χ0) is 19.4. The first kappa shape index (κ1) is 19.6. The Morgan fingerprint density at radius 1 is 1.11 bits per heavy atom. The zero-order valence-electron chi connectivity index (χ0n) is 15.5. The topological polar surface area (TPSA) is 55.8 Å². The number of hydrogen-bond acceptors (Lipinski definition) is 4. The number of benzene rings is 2. The van der Waals surface area contributed by atoms with Gasteiger partial charge >= 0.3 is 0 Å². The summed E-state index contributed by atoms with van der Waals surface area (Å²) in [6.07, 6.45) is 1.46. The van der Waals surface area contributed by atoms with Crippen LogP contribution >= 0.6 is 0 Å². The molecule has 1 saturated heterocycles. The molecule has 0 amide bonds. The average Bonchev–Trinajstić information content (AvgIpc) is 2.68. The maximum atomic E-state index is 12.9. The van der Waals surface area contributed by atoms with Crippen molar-refractivity contribution in [2.75, 3.05) is 26.8 Å². The minimum absolute atomic E-state index is 0.277. The fourth-order valence-electron chi connectivity index (χ4n) is 3.22. The number of aryl methyl sites for hydroxylation is 1. The minimum atomic E-state index is -3.51. The van der Waals surface area contributed by atoms with Crippen molar-refractivity contribution in [2.24, 2.45) is 5.92 Å². The van der Waals surface area contributed by atoms with Crippen LogP contribution in [0.25, 0.3) is 0 Å². The number of rotatable bonds is 6. The molecule has 0 unspecified atom stereocenters. The highest BCUT2D eigenvalue weighted by molar-refractivity contribution is 7.89. The number of ether oxygens (including phenoxy) is 2. The molecule has 1 aliphatic heterocycles. The van der Waals surface area contributed by atoms with Crippen LogP contribution in [0.5, 0.6) is 11.5 Å². The number of sulfonamides is 1. The van der Waals surface area contributed by atoms with E-state index in [1.165, 1.54) is 16.4 Å². The minimum Gasteiger partial charge on any atom is -0.496 e. The van der Waals surface area contributed by atoms with Gasteiger partial charge in [0.25, 0.3) is 0 Å². The molecule has 0 N–H and O–H groups in total. The lowest BCUT2D eigenvalue weighted by Gasteiger charge is -2.31. The lowest BCUT2D eigenvalue weighted by molar-refractivity contribution is 0.185. The van der Waals surface area contributed by atoms with Crippen LogP contribution in [0.15, 0.2) is 47.4 Å². The third-order valence-corrected chi connectivity index (χ3v) is 6.77. The molecule has 146 valence electrons. The lowest BCUT2D eigenvalue weighted by Crippen LogP contribution is -2.39. The molecule has 0 aromatic heterocycles. The van der Waals surface area contributed by atoms with Crippen molar-refractivity contribution in [1.82, 2.24) is 4.31 Å². The van der Waals surface area contributed by atoms with E-state index in [1.807, 2.05) is 6.92 Å². The van der Waals surface area contributed by atoms with Gasteiger partial charge in [-0.2, -0.15) is 4.31 Å². The van der Waals surface area contributed by atoms with Crippen LogP contribution in [0, 0.1) is 18.7 Å². The SMILES string of the molecule is COc1ccc(S(=O)(=O)N2CCC(COc3ccc(F)cc3)CC2)cc1C. The molecule has 5 nitrogen and oxygen atoms in total. The monoisotopic (exact) mass is 393 g/mol. The Labute approximate surface area is 159 Å². The number of nitrogens with zero attached hydrogens (tertiary/aromatic N) is 1. The largest absolute Gasteiger partial charge is 0.496 e. The molecule has 0 atom stereocenters. The van der Waals surface area contributed by atoms with Crippen LogP contribution < -0.4 is 9.47 Å². The Hall–Kier alpha value is -2.12. The maximum Gasteiger partial charge on any atom is 0.243 e. The highest BCUT2D eigenvalue weighted by Gasteiger charge is 2.30. The van der Waals surface area contributed by atoms with Gasteiger partial charge in [-0.3, -0.25) is 0 Å². The molecule has 3 rings (SSSR count). The Kier molecular flexibility index (Phi) is 6.01. The fourth-order valence-corrected chi connectivity index (χ4v) is 4.78. The number of piperidine rings is 1. The van der Waals surface area contributed by atoms with E-state index in [2.05, 4.69) is 0 Å². The van der Waals surface area contributed by atoms with E-state index in [0.717, 1.165) is 18.4 Å². The van der Waals surface area contributed by atoms with Gasteiger partial charge < -0.3 is 9.47 Å². The Bertz CT molecular complexity index is 875. The molecule has 0 spiro atoms. The van der Waals surface area contributed by atoms with E-state index >= 15 is 0 Å². The molecular formula is C20H24FNO4S. The fraction of sp³-hybridized carbons (Fsp3) is 0.400. The molecule has 27 heavy (non-hydrogen) atoms. The van der Waals surface area contributed by atoms with E-state index in [9.17, 15) is 12.8 Å². The van der Waals surface area contributed by atoms with Crippen molar-refractivity contribution in [3.8, 4) is 11.5 Å². The van der Waals surface area contributed by atoms with Gasteiger partial charge in [-0.05, 0) is 73.7 Å². The molecule has 2 aromatic carbocycles. The van der Waals surface area contributed by atoms with Gasteiger partial charge in [0.05, 0.1) is 18.6 Å². The molecule has 1 fully saturated rings. The standard InChI is InChI=1S/C20H24FNO4S/c1-15-13-19(7-8-20(15)25-2)27(23,24)22-11-9-16(10-12-22)14-26-18-5-3-17(21)4-6-18/h3-8,13,16H,9-12,14H2,1-2H3. The summed E-state index contributed by atoms with van der Waals surface area (Å²) in [6.45, 7) is 3.26. The Morgan fingerprint density at radius 2 is 1.78 bits per heavy atom. The van der Waals surface area contributed by atoms with Crippen molar-refractivity contribution in [3.63, 3.8) is 0 Å². The summed E-state index contributed by atoms with van der Waals surface area (Å²) in [6, 6.07) is 10.8. The molecular weight excluding hydrogens is 369 g/mol. The van der Waals surface area contributed by atoms with Gasteiger partial charge in [0.1, 0.15) is 17.3 Å². The van der Waals surface area contributed by atoms with Crippen molar-refractivity contribution in [2.45, 2.75) is 24.7 Å². The summed E-state index contributed by atoms with van der Waals surface area (Å²) in [5.41, 5.74) is 0.793. The normalized spacial score (nSPS) is 16.3. The van der Waals surface area contributed by atoms with Crippen LogP contribution in [0.1, 0.15) is 18.4 Å². The van der Waals surface area contributed by atoms with Gasteiger partial charge in [-0.15, -0.1) is 0 Å². The van der Waals surface area contributed by atoms with Crippen LogP contribution in [0.4, 0.5) is 4.39 Å². The van der Waals surface area contributed by atoms with Crippen molar-refractivity contribution < 1.29 is 22.3 Å². The summed E-state index contributed by atoms with van der Waals surface area (Å²) in [4.78, 5) is 0.293. The van der Waals surface area contributed by atoms with Gasteiger partial charge in [-0.1, -0.05) is 0 Å². The summed E-state index contributed by atoms with van der Waals surface area (Å²) in [7, 11) is -1.94. The van der Waals surface area contributed by atoms with E-state index in [1.54, 1.807) is 37.4 Å². The third-order valence-electron chi connectivity index (χ3n) is 4.88. The first-order valence-corrected chi connectivity index (χ1v) is 10.4. The summed E-state index contributed by atoms with van der Waals surface area (Å²) in [5, 5.41) is 0. The van der Waals surface area contributed by atoms with Crippen LogP contribution in [-0.4, -0.2) is 39.5 Å². The number of methoxy groups -OCH3 is 1. The number of halogens is 1. The molecule has 0 saturated carbocycles. The van der Waals surface area contributed by atoms with E-state index in [4.69, 9.17) is 9.47 Å². The lowest BCUT2D eigenvalue weighted by atomic mass is 9.99. The second-order valence-electron chi connectivity index (χ2n) is 6.74. The first-order chi connectivity index (χ1) is 12.9. The van der Waals surface area contributed by atoms with Crippen molar-refractivity contribution >= 4 is 10.0 Å². The predicted octanol–water partition coefficient (Wildman–Crippen LogP) is 3.62. The summed E-state index contributed by atoms with van der Waals surface area (Å²) in [5.74, 6) is 1.28. The van der Waals surface area contributed by atoms with Gasteiger partial charge in [0.15, 0.2) is 0 Å². The van der Waals surface area contributed by atoms with Crippen LogP contribution in [-0.2, 0) is 10.0 Å². The second kappa shape index (κ2) is 8.27. The van der Waals surface area contributed by atoms with Gasteiger partial charge in [0, 0.05) is 13.1 Å². The quantitative estimate of drug-likeness (QED) is 0.752.